The van der Waals surface area contributed by atoms with Crippen LogP contribution in [0.5, 0.6) is 0 Å². The van der Waals surface area contributed by atoms with E-state index in [1.807, 2.05) is 0 Å². The van der Waals surface area contributed by atoms with Crippen LogP contribution in [0.3, 0.4) is 0 Å². The van der Waals surface area contributed by atoms with Crippen molar-refractivity contribution in [3.63, 3.8) is 0 Å². The first-order valence-corrected chi connectivity index (χ1v) is 8.04. The van der Waals surface area contributed by atoms with E-state index in [1.165, 1.54) is 10.5 Å². The molecule has 0 radical (unpaired) electrons. The van der Waals surface area contributed by atoms with E-state index in [2.05, 4.69) is 53.6 Å². The van der Waals surface area contributed by atoms with Crippen molar-refractivity contribution in [1.82, 2.24) is 15.5 Å². The van der Waals surface area contributed by atoms with Crippen LogP contribution in [-0.4, -0.2) is 16.7 Å². The molecule has 1 aromatic heterocycles. The summed E-state index contributed by atoms with van der Waals surface area (Å²) in [6, 6.07) is 8.56. The Hall–Kier alpha value is -1.33. The lowest BCUT2D eigenvalue weighted by Crippen LogP contribution is -2.11. The van der Waals surface area contributed by atoms with E-state index in [1.54, 1.807) is 11.8 Å². The summed E-state index contributed by atoms with van der Waals surface area (Å²) in [7, 11) is 0. The summed E-state index contributed by atoms with van der Waals surface area (Å²) >= 11 is 1.74. The predicted molar refractivity (Wildman–Crippen MR) is 81.7 cm³/mol. The van der Waals surface area contributed by atoms with Crippen molar-refractivity contribution in [2.45, 2.75) is 43.9 Å². The Morgan fingerprint density at radius 1 is 1.30 bits per heavy atom. The van der Waals surface area contributed by atoms with Crippen LogP contribution in [0.4, 0.5) is 0 Å². The molecule has 0 fully saturated rings. The molecule has 1 aromatic carbocycles. The lowest BCUT2D eigenvalue weighted by Gasteiger charge is -2.04. The van der Waals surface area contributed by atoms with Gasteiger partial charge in [-0.05, 0) is 30.7 Å². The van der Waals surface area contributed by atoms with Crippen LogP contribution in [0, 0.1) is 0 Å². The molecule has 0 aliphatic rings. The fourth-order valence-electron chi connectivity index (χ4n) is 1.83. The number of aryl methyl sites for hydroxylation is 1. The normalized spacial score (nSPS) is 10.9. The fraction of sp³-hybridized carbons (Fsp3) is 0.467. The van der Waals surface area contributed by atoms with E-state index in [9.17, 15) is 0 Å². The SMILES string of the molecule is CCCc1nc(CSc2cccc(CNCC)c2)no1. The van der Waals surface area contributed by atoms with Gasteiger partial charge in [-0.3, -0.25) is 0 Å². The van der Waals surface area contributed by atoms with Crippen LogP contribution in [0.15, 0.2) is 33.7 Å². The zero-order chi connectivity index (χ0) is 14.2. The molecule has 0 atom stereocenters. The van der Waals surface area contributed by atoms with Crippen LogP contribution in [0.2, 0.25) is 0 Å². The minimum Gasteiger partial charge on any atom is -0.339 e. The van der Waals surface area contributed by atoms with Gasteiger partial charge in [-0.25, -0.2) is 0 Å². The standard InChI is InChI=1S/C15H21N3OS/c1-3-6-15-17-14(18-19-15)11-20-13-8-5-7-12(9-13)10-16-4-2/h5,7-9,16H,3-4,6,10-11H2,1-2H3. The van der Waals surface area contributed by atoms with E-state index in [4.69, 9.17) is 4.52 Å². The van der Waals surface area contributed by atoms with Gasteiger partial charge >= 0.3 is 0 Å². The molecule has 0 aliphatic carbocycles. The van der Waals surface area contributed by atoms with Gasteiger partial charge in [-0.1, -0.05) is 31.1 Å². The van der Waals surface area contributed by atoms with Gasteiger partial charge in [0, 0.05) is 17.9 Å². The van der Waals surface area contributed by atoms with Crippen molar-refractivity contribution in [2.24, 2.45) is 0 Å². The Bertz CT molecular complexity index is 527. The first-order valence-electron chi connectivity index (χ1n) is 7.05. The minimum absolute atomic E-state index is 0.740. The molecular weight excluding hydrogens is 270 g/mol. The number of benzene rings is 1. The summed E-state index contributed by atoms with van der Waals surface area (Å²) in [5.74, 6) is 2.26. The second kappa shape index (κ2) is 8.07. The lowest BCUT2D eigenvalue weighted by molar-refractivity contribution is 0.373. The highest BCUT2D eigenvalue weighted by Gasteiger charge is 2.06. The van der Waals surface area contributed by atoms with Gasteiger partial charge in [-0.15, -0.1) is 11.8 Å². The monoisotopic (exact) mass is 291 g/mol. The molecule has 0 aliphatic heterocycles. The Morgan fingerprint density at radius 3 is 3.00 bits per heavy atom. The zero-order valence-corrected chi connectivity index (χ0v) is 12.9. The van der Waals surface area contributed by atoms with Crippen molar-refractivity contribution in [2.75, 3.05) is 6.54 Å². The number of rotatable bonds is 8. The molecule has 0 saturated carbocycles. The summed E-state index contributed by atoms with van der Waals surface area (Å²) in [6.45, 7) is 6.12. The third kappa shape index (κ3) is 4.65. The topological polar surface area (TPSA) is 51.0 Å². The van der Waals surface area contributed by atoms with Gasteiger partial charge in [0.05, 0.1) is 5.75 Å². The number of hydrogen-bond donors (Lipinski definition) is 1. The van der Waals surface area contributed by atoms with Crippen LogP contribution in [0.25, 0.3) is 0 Å². The molecule has 0 spiro atoms. The van der Waals surface area contributed by atoms with Crippen LogP contribution in [-0.2, 0) is 18.7 Å². The Kier molecular flexibility index (Phi) is 6.08. The van der Waals surface area contributed by atoms with Crippen LogP contribution < -0.4 is 5.32 Å². The highest BCUT2D eigenvalue weighted by molar-refractivity contribution is 7.98. The van der Waals surface area contributed by atoms with Crippen molar-refractivity contribution < 1.29 is 4.52 Å². The van der Waals surface area contributed by atoms with Crippen LogP contribution >= 0.6 is 11.8 Å². The number of hydrogen-bond acceptors (Lipinski definition) is 5. The molecule has 1 heterocycles. The van der Waals surface area contributed by atoms with Gasteiger partial charge in [-0.2, -0.15) is 4.98 Å². The molecule has 0 saturated heterocycles. The third-order valence-corrected chi connectivity index (χ3v) is 3.81. The van der Waals surface area contributed by atoms with E-state index in [-0.39, 0.29) is 0 Å². The molecule has 2 rings (SSSR count). The van der Waals surface area contributed by atoms with Crippen molar-refractivity contribution in [1.29, 1.82) is 0 Å². The van der Waals surface area contributed by atoms with E-state index < -0.39 is 0 Å². The highest BCUT2D eigenvalue weighted by Crippen LogP contribution is 2.22. The quantitative estimate of drug-likeness (QED) is 0.755. The Labute approximate surface area is 124 Å². The Morgan fingerprint density at radius 2 is 2.20 bits per heavy atom. The van der Waals surface area contributed by atoms with Gasteiger partial charge < -0.3 is 9.84 Å². The van der Waals surface area contributed by atoms with Crippen molar-refractivity contribution in [3.05, 3.63) is 41.5 Å². The summed E-state index contributed by atoms with van der Waals surface area (Å²) in [5, 5.41) is 7.34. The molecule has 4 nitrogen and oxygen atoms in total. The van der Waals surface area contributed by atoms with Gasteiger partial charge in [0.1, 0.15) is 0 Å². The van der Waals surface area contributed by atoms with E-state index >= 15 is 0 Å². The highest BCUT2D eigenvalue weighted by atomic mass is 32.2. The zero-order valence-electron chi connectivity index (χ0n) is 12.1. The molecule has 108 valence electrons. The van der Waals surface area contributed by atoms with E-state index in [0.29, 0.717) is 0 Å². The maximum atomic E-state index is 5.19. The second-order valence-corrected chi connectivity index (χ2v) is 5.62. The lowest BCUT2D eigenvalue weighted by atomic mass is 10.2. The third-order valence-electron chi connectivity index (χ3n) is 2.82. The average molecular weight is 291 g/mol. The van der Waals surface area contributed by atoms with Crippen molar-refractivity contribution in [3.8, 4) is 0 Å². The smallest absolute Gasteiger partial charge is 0.226 e. The maximum Gasteiger partial charge on any atom is 0.226 e. The first kappa shape index (κ1) is 15.1. The Balaban J connectivity index is 1.89. The molecule has 1 N–H and O–H groups in total. The fourth-order valence-corrected chi connectivity index (χ4v) is 2.65. The van der Waals surface area contributed by atoms with Crippen molar-refractivity contribution >= 4 is 11.8 Å². The number of aromatic nitrogens is 2. The molecular formula is C15H21N3OS. The molecule has 20 heavy (non-hydrogen) atoms. The molecule has 0 unspecified atom stereocenters. The summed E-state index contributed by atoms with van der Waals surface area (Å²) in [4.78, 5) is 5.61. The average Bonchev–Trinajstić information content (AvgIpc) is 2.92. The van der Waals surface area contributed by atoms with E-state index in [0.717, 1.165) is 43.4 Å². The largest absolute Gasteiger partial charge is 0.339 e. The number of nitrogens with one attached hydrogen (secondary N) is 1. The minimum atomic E-state index is 0.740. The number of thioether (sulfide) groups is 1. The summed E-state index contributed by atoms with van der Waals surface area (Å²) in [6.07, 6.45) is 1.89. The molecule has 5 heteroatoms. The predicted octanol–water partition coefficient (Wildman–Crippen LogP) is 3.42. The van der Waals surface area contributed by atoms with Gasteiger partial charge in [0.2, 0.25) is 5.89 Å². The summed E-state index contributed by atoms with van der Waals surface area (Å²) in [5.41, 5.74) is 1.30. The molecule has 2 aromatic rings. The van der Waals surface area contributed by atoms with Gasteiger partial charge in [0.25, 0.3) is 0 Å². The van der Waals surface area contributed by atoms with Crippen LogP contribution in [0.1, 0.15) is 37.5 Å². The molecule has 0 amide bonds. The molecule has 0 bridgehead atoms. The van der Waals surface area contributed by atoms with Gasteiger partial charge in [0.15, 0.2) is 5.82 Å². The maximum absolute atomic E-state index is 5.19. The first-order chi connectivity index (χ1) is 9.81. The summed E-state index contributed by atoms with van der Waals surface area (Å²) < 4.78 is 5.19. The second-order valence-electron chi connectivity index (χ2n) is 4.57. The number of nitrogens with zero attached hydrogens (tertiary/aromatic N) is 2.